The number of carbonyl (C=O) groups excluding carboxylic acids is 2. The summed E-state index contributed by atoms with van der Waals surface area (Å²) in [5, 5.41) is 3.60. The zero-order chi connectivity index (χ0) is 22.6. The van der Waals surface area contributed by atoms with Gasteiger partial charge < -0.3 is 14.5 Å². The molecule has 7 nitrogen and oxygen atoms in total. The fraction of sp³-hybridized carbons (Fsp3) is 0.476. The van der Waals surface area contributed by atoms with Crippen LogP contribution in [-0.4, -0.2) is 56.3 Å². The van der Waals surface area contributed by atoms with E-state index in [2.05, 4.69) is 5.10 Å². The molecule has 4 heterocycles. The van der Waals surface area contributed by atoms with Gasteiger partial charge in [0.05, 0.1) is 6.04 Å². The van der Waals surface area contributed by atoms with Crippen LogP contribution in [0.15, 0.2) is 30.5 Å². The van der Waals surface area contributed by atoms with E-state index in [0.717, 1.165) is 12.3 Å². The molecule has 2 atom stereocenters. The van der Waals surface area contributed by atoms with Crippen LogP contribution in [0.2, 0.25) is 0 Å². The molecule has 0 unspecified atom stereocenters. The zero-order valence-corrected chi connectivity index (χ0v) is 16.9. The molecule has 5 rings (SSSR count). The van der Waals surface area contributed by atoms with Crippen molar-refractivity contribution in [2.45, 2.75) is 50.1 Å². The molecule has 3 fully saturated rings. The summed E-state index contributed by atoms with van der Waals surface area (Å²) >= 11 is 0. The molecule has 2 aromatic rings. The van der Waals surface area contributed by atoms with Crippen molar-refractivity contribution in [3.05, 3.63) is 53.4 Å². The highest BCUT2D eigenvalue weighted by Crippen LogP contribution is 2.47. The van der Waals surface area contributed by atoms with Crippen LogP contribution in [0.25, 0.3) is 0 Å². The second kappa shape index (κ2) is 7.58. The third-order valence-corrected chi connectivity index (χ3v) is 6.47. The molecule has 170 valence electrons. The van der Waals surface area contributed by atoms with Crippen molar-refractivity contribution in [2.24, 2.45) is 0 Å². The van der Waals surface area contributed by atoms with Gasteiger partial charge in [0.1, 0.15) is 17.9 Å². The minimum atomic E-state index is -2.83. The van der Waals surface area contributed by atoms with Gasteiger partial charge in [-0.1, -0.05) is 0 Å². The first kappa shape index (κ1) is 20.9. The molecule has 0 radical (unpaired) electrons. The molecule has 3 aliphatic rings. The van der Waals surface area contributed by atoms with E-state index in [1.54, 1.807) is 4.90 Å². The van der Waals surface area contributed by atoms with E-state index in [1.807, 2.05) is 0 Å². The van der Waals surface area contributed by atoms with Crippen molar-refractivity contribution in [2.75, 3.05) is 13.1 Å². The Labute approximate surface area is 180 Å². The van der Waals surface area contributed by atoms with Gasteiger partial charge in [0.2, 0.25) is 0 Å². The molecule has 0 bridgehead atoms. The lowest BCUT2D eigenvalue weighted by Crippen LogP contribution is -2.51. The Bertz CT molecular complexity index is 1050. The lowest BCUT2D eigenvalue weighted by atomic mass is 9.89. The molecule has 1 aromatic heterocycles. The quantitative estimate of drug-likeness (QED) is 0.671. The lowest BCUT2D eigenvalue weighted by molar-refractivity contribution is -0.142. The molecule has 1 aromatic carbocycles. The normalized spacial score (nSPS) is 24.6. The van der Waals surface area contributed by atoms with E-state index >= 15 is 0 Å². The maximum absolute atomic E-state index is 13.7. The smallest absolute Gasteiger partial charge is 0.333 e. The van der Waals surface area contributed by atoms with E-state index in [-0.39, 0.29) is 37.5 Å². The number of likely N-dealkylation sites (tertiary alicyclic amines) is 1. The van der Waals surface area contributed by atoms with Gasteiger partial charge in [0, 0.05) is 38.2 Å². The van der Waals surface area contributed by atoms with Crippen molar-refractivity contribution in [3.63, 3.8) is 0 Å². The molecular weight excluding hydrogens is 432 g/mol. The van der Waals surface area contributed by atoms with Gasteiger partial charge in [-0.3, -0.25) is 9.59 Å². The van der Waals surface area contributed by atoms with Gasteiger partial charge in [0.25, 0.3) is 11.8 Å². The predicted octanol–water partition coefficient (Wildman–Crippen LogP) is 3.25. The Kier molecular flexibility index (Phi) is 4.95. The second-order valence-electron chi connectivity index (χ2n) is 8.33. The first-order valence-electron chi connectivity index (χ1n) is 10.4. The zero-order valence-electron chi connectivity index (χ0n) is 16.9. The van der Waals surface area contributed by atoms with Crippen molar-refractivity contribution in [1.82, 2.24) is 19.6 Å². The van der Waals surface area contributed by atoms with Gasteiger partial charge in [-0.05, 0) is 36.6 Å². The monoisotopic (exact) mass is 452 g/mol. The van der Waals surface area contributed by atoms with Gasteiger partial charge in [-0.2, -0.15) is 13.9 Å². The third-order valence-electron chi connectivity index (χ3n) is 6.47. The molecule has 11 heteroatoms. The van der Waals surface area contributed by atoms with Crippen LogP contribution in [0.4, 0.5) is 17.6 Å². The standard InChI is InChI=1S/C21H20F4N4O3/c22-13-9-12(10-14(23)11-13)16-1-2-17-29(16)19(31)21(32-17)4-7-27(8-5-21)18(30)15-3-6-28(26-15)20(24)25/h3,6,9-11,16-17,20H,1-2,4-5,7-8H2/t16-,17+/m0/s1. The molecule has 3 saturated heterocycles. The number of nitrogens with zero attached hydrogens (tertiary/aromatic N) is 4. The van der Waals surface area contributed by atoms with Crippen LogP contribution in [-0.2, 0) is 9.53 Å². The number of amides is 2. The fourth-order valence-electron chi connectivity index (χ4n) is 4.93. The number of piperidine rings is 1. The number of benzene rings is 1. The van der Waals surface area contributed by atoms with Crippen LogP contribution in [0, 0.1) is 11.6 Å². The van der Waals surface area contributed by atoms with Gasteiger partial charge in [0.15, 0.2) is 11.3 Å². The van der Waals surface area contributed by atoms with Crippen molar-refractivity contribution in [1.29, 1.82) is 0 Å². The summed E-state index contributed by atoms with van der Waals surface area (Å²) in [7, 11) is 0. The van der Waals surface area contributed by atoms with Gasteiger partial charge in [-0.25, -0.2) is 13.5 Å². The van der Waals surface area contributed by atoms with Crippen LogP contribution in [0.5, 0.6) is 0 Å². The Balaban J connectivity index is 1.29. The molecule has 3 aliphatic heterocycles. The van der Waals surface area contributed by atoms with Crippen molar-refractivity contribution >= 4 is 11.8 Å². The second-order valence-corrected chi connectivity index (χ2v) is 8.33. The molecule has 1 spiro atoms. The lowest BCUT2D eigenvalue weighted by Gasteiger charge is -2.37. The first-order chi connectivity index (χ1) is 15.3. The Morgan fingerprint density at radius 1 is 1.12 bits per heavy atom. The molecule has 32 heavy (non-hydrogen) atoms. The topological polar surface area (TPSA) is 67.7 Å². The van der Waals surface area contributed by atoms with E-state index in [9.17, 15) is 27.2 Å². The number of aromatic nitrogens is 2. The Hall–Kier alpha value is -2.95. The Morgan fingerprint density at radius 3 is 2.44 bits per heavy atom. The molecule has 2 amide bonds. The average molecular weight is 452 g/mol. The maximum atomic E-state index is 13.7. The van der Waals surface area contributed by atoms with E-state index in [4.69, 9.17) is 4.74 Å². The number of fused-ring (bicyclic) bond motifs is 1. The minimum Gasteiger partial charge on any atom is -0.342 e. The van der Waals surface area contributed by atoms with E-state index in [1.165, 1.54) is 23.1 Å². The summed E-state index contributed by atoms with van der Waals surface area (Å²) in [5.74, 6) is -2.14. The average Bonchev–Trinajstić information content (AvgIpc) is 3.45. The summed E-state index contributed by atoms with van der Waals surface area (Å²) in [6.07, 6.45) is 2.12. The SMILES string of the molecule is O=C(c1ccn(C(F)F)n1)N1CCC2(CC1)O[C@@H]1CC[C@@H](c3cc(F)cc(F)c3)N1C2=O. The van der Waals surface area contributed by atoms with Crippen molar-refractivity contribution in [3.8, 4) is 0 Å². The highest BCUT2D eigenvalue weighted by molar-refractivity contribution is 5.93. The van der Waals surface area contributed by atoms with Crippen LogP contribution in [0.3, 0.4) is 0 Å². The highest BCUT2D eigenvalue weighted by atomic mass is 19.3. The number of halogens is 4. The number of carbonyl (C=O) groups is 2. The molecule has 0 aliphatic carbocycles. The van der Waals surface area contributed by atoms with Crippen LogP contribution < -0.4 is 0 Å². The fourth-order valence-corrected chi connectivity index (χ4v) is 4.93. The van der Waals surface area contributed by atoms with Gasteiger partial charge in [-0.15, -0.1) is 0 Å². The summed E-state index contributed by atoms with van der Waals surface area (Å²) in [6, 6.07) is 4.00. The maximum Gasteiger partial charge on any atom is 0.333 e. The number of hydrogen-bond donors (Lipinski definition) is 0. The van der Waals surface area contributed by atoms with Crippen molar-refractivity contribution < 1.29 is 31.9 Å². The number of ether oxygens (including phenoxy) is 1. The van der Waals surface area contributed by atoms with E-state index < -0.39 is 42.0 Å². The Morgan fingerprint density at radius 2 is 1.81 bits per heavy atom. The summed E-state index contributed by atoms with van der Waals surface area (Å²) in [6.45, 7) is -2.43. The van der Waals surface area contributed by atoms with Crippen LogP contribution in [0.1, 0.15) is 54.3 Å². The molecular formula is C21H20F4N4O3. The summed E-state index contributed by atoms with van der Waals surface area (Å²) < 4.78 is 59.4. The largest absolute Gasteiger partial charge is 0.342 e. The van der Waals surface area contributed by atoms with Gasteiger partial charge >= 0.3 is 6.55 Å². The van der Waals surface area contributed by atoms with Crippen LogP contribution >= 0.6 is 0 Å². The molecule has 0 N–H and O–H groups in total. The summed E-state index contributed by atoms with van der Waals surface area (Å²) in [4.78, 5) is 29.0. The minimum absolute atomic E-state index is 0.0891. The summed E-state index contributed by atoms with van der Waals surface area (Å²) in [5.41, 5.74) is -0.802. The third kappa shape index (κ3) is 3.35. The first-order valence-corrected chi connectivity index (χ1v) is 10.4. The molecule has 0 saturated carbocycles. The number of alkyl halides is 2. The number of rotatable bonds is 3. The number of hydrogen-bond acceptors (Lipinski definition) is 4. The highest BCUT2D eigenvalue weighted by Gasteiger charge is 2.58. The van der Waals surface area contributed by atoms with E-state index in [0.29, 0.717) is 23.1 Å². The predicted molar refractivity (Wildman–Crippen MR) is 101 cm³/mol.